The monoisotopic (exact) mass is 586 g/mol. The summed E-state index contributed by atoms with van der Waals surface area (Å²) in [6.07, 6.45) is -1.24. The maximum Gasteiger partial charge on any atom is 0.407 e. The minimum absolute atomic E-state index is 0.0720. The number of alkyl carbamates (subject to hydrolysis) is 1. The van der Waals surface area contributed by atoms with Crippen LogP contribution in [0.3, 0.4) is 0 Å². The van der Waals surface area contributed by atoms with E-state index in [0.717, 1.165) is 0 Å². The molecule has 3 atom stereocenters. The predicted octanol–water partition coefficient (Wildman–Crippen LogP) is 3.03. The highest BCUT2D eigenvalue weighted by Crippen LogP contribution is 2.47. The summed E-state index contributed by atoms with van der Waals surface area (Å²) in [4.78, 5) is 60.3. The number of hydrogen-bond acceptors (Lipinski definition) is 11. The van der Waals surface area contributed by atoms with E-state index in [2.05, 4.69) is 5.32 Å². The third kappa shape index (κ3) is 6.81. The van der Waals surface area contributed by atoms with Gasteiger partial charge in [0.1, 0.15) is 18.9 Å². The average Bonchev–Trinajstić information content (AvgIpc) is 3.27. The summed E-state index contributed by atoms with van der Waals surface area (Å²) >= 11 is 1.27. The zero-order chi connectivity index (χ0) is 29.7. The number of ether oxygens (including phenoxy) is 2. The SMILES string of the molecule is C[C@@H](O)[C@H]1C(=O)N2C(C(=O)OCc3ccc([N+](=O)[O-])cc3)=C(SCCNC(=O)OCc3ccc([N+](=O)[O-])cc3)CC12. The number of β-lactam (4-membered cyclic amide) rings is 1. The lowest BCUT2D eigenvalue weighted by atomic mass is 9.83. The molecule has 2 aromatic rings. The second-order valence-electron chi connectivity index (χ2n) is 9.29. The van der Waals surface area contributed by atoms with Crippen molar-refractivity contribution in [3.05, 3.63) is 90.5 Å². The van der Waals surface area contributed by atoms with Crippen molar-refractivity contribution in [1.29, 1.82) is 0 Å². The van der Waals surface area contributed by atoms with E-state index in [1.807, 2.05) is 0 Å². The van der Waals surface area contributed by atoms with Crippen LogP contribution in [0.4, 0.5) is 16.2 Å². The van der Waals surface area contributed by atoms with Crippen molar-refractivity contribution >= 4 is 41.1 Å². The predicted molar refractivity (Wildman–Crippen MR) is 144 cm³/mol. The number of thioether (sulfide) groups is 1. The second kappa shape index (κ2) is 12.8. The fourth-order valence-electron chi connectivity index (χ4n) is 4.52. The number of amides is 2. The molecule has 15 heteroatoms. The first-order valence-corrected chi connectivity index (χ1v) is 13.5. The van der Waals surface area contributed by atoms with Crippen molar-refractivity contribution in [1.82, 2.24) is 10.2 Å². The zero-order valence-electron chi connectivity index (χ0n) is 21.8. The van der Waals surface area contributed by atoms with Crippen LogP contribution in [0.15, 0.2) is 59.1 Å². The van der Waals surface area contributed by atoms with E-state index in [9.17, 15) is 39.7 Å². The zero-order valence-corrected chi connectivity index (χ0v) is 22.6. The highest BCUT2D eigenvalue weighted by molar-refractivity contribution is 8.03. The van der Waals surface area contributed by atoms with Crippen molar-refractivity contribution in [2.45, 2.75) is 38.7 Å². The summed E-state index contributed by atoms with van der Waals surface area (Å²) in [6.45, 7) is 1.46. The van der Waals surface area contributed by atoms with Crippen LogP contribution in [0.1, 0.15) is 24.5 Å². The Morgan fingerprint density at radius 3 is 2.07 bits per heavy atom. The van der Waals surface area contributed by atoms with Crippen LogP contribution in [0.2, 0.25) is 0 Å². The Kier molecular flexibility index (Phi) is 9.19. The Hall–Kier alpha value is -4.50. The molecule has 216 valence electrons. The van der Waals surface area contributed by atoms with Gasteiger partial charge >= 0.3 is 12.1 Å². The molecule has 2 amide bonds. The van der Waals surface area contributed by atoms with Crippen LogP contribution in [0, 0.1) is 26.1 Å². The number of nitrogens with zero attached hydrogens (tertiary/aromatic N) is 3. The van der Waals surface area contributed by atoms with Gasteiger partial charge in [-0.05, 0) is 42.3 Å². The van der Waals surface area contributed by atoms with E-state index in [0.29, 0.717) is 28.2 Å². The van der Waals surface area contributed by atoms with Gasteiger partial charge in [-0.15, -0.1) is 11.8 Å². The Morgan fingerprint density at radius 1 is 1.02 bits per heavy atom. The van der Waals surface area contributed by atoms with Crippen LogP contribution in [0.5, 0.6) is 0 Å². The Morgan fingerprint density at radius 2 is 1.56 bits per heavy atom. The van der Waals surface area contributed by atoms with Gasteiger partial charge in [-0.3, -0.25) is 25.0 Å². The fraction of sp³-hybridized carbons (Fsp3) is 0.346. The van der Waals surface area contributed by atoms with Gasteiger partial charge in [0.2, 0.25) is 5.91 Å². The molecule has 0 saturated carbocycles. The van der Waals surface area contributed by atoms with Crippen molar-refractivity contribution < 1.29 is 38.8 Å². The van der Waals surface area contributed by atoms with Gasteiger partial charge in [0.25, 0.3) is 11.4 Å². The van der Waals surface area contributed by atoms with Crippen LogP contribution < -0.4 is 5.32 Å². The number of nitro benzene ring substituents is 2. The van der Waals surface area contributed by atoms with Gasteiger partial charge in [-0.2, -0.15) is 0 Å². The lowest BCUT2D eigenvalue weighted by Gasteiger charge is -2.44. The number of esters is 1. The summed E-state index contributed by atoms with van der Waals surface area (Å²) in [5, 5.41) is 34.2. The molecule has 0 aromatic heterocycles. The first-order chi connectivity index (χ1) is 19.6. The number of carbonyl (C=O) groups excluding carboxylic acids is 3. The van der Waals surface area contributed by atoms with Gasteiger partial charge < -0.3 is 24.8 Å². The highest BCUT2D eigenvalue weighted by atomic mass is 32.2. The molecule has 1 saturated heterocycles. The highest BCUT2D eigenvalue weighted by Gasteiger charge is 2.57. The molecule has 2 aliphatic rings. The fourth-order valence-corrected chi connectivity index (χ4v) is 5.58. The molecule has 41 heavy (non-hydrogen) atoms. The summed E-state index contributed by atoms with van der Waals surface area (Å²) in [5.41, 5.74) is 1.03. The molecule has 4 rings (SSSR count). The number of hydrogen-bond donors (Lipinski definition) is 2. The number of carbonyl (C=O) groups is 3. The van der Waals surface area contributed by atoms with E-state index < -0.39 is 33.9 Å². The molecule has 0 aliphatic carbocycles. The maximum absolute atomic E-state index is 13.1. The molecule has 0 bridgehead atoms. The van der Waals surface area contributed by atoms with Crippen LogP contribution >= 0.6 is 11.8 Å². The largest absolute Gasteiger partial charge is 0.456 e. The van der Waals surface area contributed by atoms with Crippen LogP contribution in [-0.2, 0) is 32.3 Å². The number of aliphatic hydroxyl groups is 1. The molecule has 0 radical (unpaired) electrons. The van der Waals surface area contributed by atoms with E-state index in [1.165, 1.54) is 72.1 Å². The molecule has 0 spiro atoms. The summed E-state index contributed by atoms with van der Waals surface area (Å²) in [6, 6.07) is 10.8. The molecular formula is C26H26N4O10S. The normalized spacial score (nSPS) is 18.3. The Balaban J connectivity index is 1.32. The molecule has 2 aromatic carbocycles. The van der Waals surface area contributed by atoms with E-state index in [-0.39, 0.29) is 48.8 Å². The molecular weight excluding hydrogens is 560 g/mol. The molecule has 14 nitrogen and oxygen atoms in total. The quantitative estimate of drug-likeness (QED) is 0.122. The minimum atomic E-state index is -0.891. The number of aliphatic hydroxyl groups excluding tert-OH is 1. The number of nitro groups is 2. The van der Waals surface area contributed by atoms with E-state index in [4.69, 9.17) is 9.47 Å². The second-order valence-corrected chi connectivity index (χ2v) is 10.5. The van der Waals surface area contributed by atoms with Gasteiger partial charge in [0.05, 0.1) is 27.9 Å². The molecule has 2 heterocycles. The van der Waals surface area contributed by atoms with Crippen molar-refractivity contribution in [2.24, 2.45) is 5.92 Å². The number of benzene rings is 2. The maximum atomic E-state index is 13.1. The lowest BCUT2D eigenvalue weighted by molar-refractivity contribution is -0.385. The summed E-state index contributed by atoms with van der Waals surface area (Å²) in [5.74, 6) is -1.41. The van der Waals surface area contributed by atoms with Gasteiger partial charge in [-0.25, -0.2) is 9.59 Å². The number of rotatable bonds is 12. The smallest absolute Gasteiger partial charge is 0.407 e. The van der Waals surface area contributed by atoms with E-state index in [1.54, 1.807) is 0 Å². The number of nitrogens with one attached hydrogen (secondary N) is 1. The average molecular weight is 587 g/mol. The number of fused-ring (bicyclic) bond motifs is 1. The number of non-ortho nitro benzene ring substituents is 2. The van der Waals surface area contributed by atoms with Crippen molar-refractivity contribution in [3.63, 3.8) is 0 Å². The summed E-state index contributed by atoms with van der Waals surface area (Å²) < 4.78 is 10.5. The molecule has 2 aliphatic heterocycles. The lowest BCUT2D eigenvalue weighted by Crippen LogP contribution is -2.61. The Labute approximate surface area is 237 Å². The molecule has 1 fully saturated rings. The van der Waals surface area contributed by atoms with Crippen molar-refractivity contribution in [3.8, 4) is 0 Å². The standard InChI is InChI=1S/C26H26N4O10S/c1-15(31)22-20-12-21(41-11-10-27-26(34)40-14-17-4-8-19(9-5-17)30(37)38)23(28(20)24(22)32)25(33)39-13-16-2-6-18(7-3-16)29(35)36/h2-9,15,20,22,31H,10-14H2,1H3,(H,27,34)/t15-,20?,22-/m1/s1. The third-order valence-corrected chi connectivity index (χ3v) is 7.68. The Bertz CT molecular complexity index is 1380. The van der Waals surface area contributed by atoms with Crippen LogP contribution in [-0.4, -0.2) is 62.3 Å². The van der Waals surface area contributed by atoms with Gasteiger partial charge in [0.15, 0.2) is 0 Å². The van der Waals surface area contributed by atoms with Gasteiger partial charge in [0, 0.05) is 47.9 Å². The first-order valence-electron chi connectivity index (χ1n) is 12.5. The van der Waals surface area contributed by atoms with Crippen LogP contribution in [0.25, 0.3) is 0 Å². The molecule has 2 N–H and O–H groups in total. The molecule has 1 unspecified atom stereocenters. The van der Waals surface area contributed by atoms with E-state index >= 15 is 0 Å². The first kappa shape index (κ1) is 29.5. The third-order valence-electron chi connectivity index (χ3n) is 6.56. The topological polar surface area (TPSA) is 191 Å². The summed E-state index contributed by atoms with van der Waals surface area (Å²) in [7, 11) is 0. The van der Waals surface area contributed by atoms with Gasteiger partial charge in [-0.1, -0.05) is 0 Å². The minimum Gasteiger partial charge on any atom is -0.456 e. The van der Waals surface area contributed by atoms with Crippen molar-refractivity contribution in [2.75, 3.05) is 12.3 Å².